The molecule has 2 heterocycles. The van der Waals surface area contributed by atoms with Crippen LogP contribution in [0.5, 0.6) is 0 Å². The van der Waals surface area contributed by atoms with E-state index in [1.165, 1.54) is 6.07 Å². The molecule has 0 saturated carbocycles. The van der Waals surface area contributed by atoms with Gasteiger partial charge in [0.2, 0.25) is 0 Å². The number of aliphatic hydroxyl groups is 1. The molecule has 2 amide bonds. The van der Waals surface area contributed by atoms with Crippen molar-refractivity contribution >= 4 is 23.3 Å². The van der Waals surface area contributed by atoms with E-state index in [1.54, 1.807) is 17.0 Å². The van der Waals surface area contributed by atoms with Gasteiger partial charge in [0.05, 0.1) is 5.02 Å². The zero-order chi connectivity index (χ0) is 16.4. The van der Waals surface area contributed by atoms with Crippen LogP contribution in [0.15, 0.2) is 18.2 Å². The van der Waals surface area contributed by atoms with E-state index in [0.29, 0.717) is 19.6 Å². The summed E-state index contributed by atoms with van der Waals surface area (Å²) in [5.74, 6) is -0.228. The third kappa shape index (κ3) is 3.70. The number of amides is 2. The monoisotopic (exact) mass is 341 g/mol. The molecule has 0 unspecified atom stereocenters. The van der Waals surface area contributed by atoms with Crippen LogP contribution in [0.2, 0.25) is 5.02 Å². The molecule has 5 nitrogen and oxygen atoms in total. The van der Waals surface area contributed by atoms with Gasteiger partial charge in [-0.15, -0.1) is 0 Å². The largest absolute Gasteiger partial charge is 0.396 e. The van der Waals surface area contributed by atoms with E-state index in [9.17, 15) is 9.18 Å². The van der Waals surface area contributed by atoms with Crippen molar-refractivity contribution in [1.29, 1.82) is 0 Å². The highest BCUT2D eigenvalue weighted by Gasteiger charge is 2.29. The number of likely N-dealkylation sites (tertiary alicyclic amines) is 1. The Hall–Kier alpha value is -1.53. The Balaban J connectivity index is 1.53. The maximum Gasteiger partial charge on any atom is 0.317 e. The highest BCUT2D eigenvalue weighted by molar-refractivity contribution is 6.31. The summed E-state index contributed by atoms with van der Waals surface area (Å²) in [6.45, 7) is 2.93. The van der Waals surface area contributed by atoms with Crippen molar-refractivity contribution in [3.63, 3.8) is 0 Å². The fourth-order valence-corrected chi connectivity index (χ4v) is 3.40. The zero-order valence-corrected chi connectivity index (χ0v) is 13.6. The minimum atomic E-state index is -0.424. The van der Waals surface area contributed by atoms with E-state index in [-0.39, 0.29) is 29.6 Å². The molecule has 2 N–H and O–H groups in total. The topological polar surface area (TPSA) is 55.8 Å². The van der Waals surface area contributed by atoms with Crippen LogP contribution < -0.4 is 10.2 Å². The first-order chi connectivity index (χ1) is 11.1. The minimum Gasteiger partial charge on any atom is -0.396 e. The summed E-state index contributed by atoms with van der Waals surface area (Å²) in [5, 5.41) is 12.3. The lowest BCUT2D eigenvalue weighted by molar-refractivity contribution is 0.195. The van der Waals surface area contributed by atoms with Crippen molar-refractivity contribution < 1.29 is 14.3 Å². The van der Waals surface area contributed by atoms with E-state index in [1.807, 2.05) is 0 Å². The smallest absolute Gasteiger partial charge is 0.317 e. The number of hydrogen-bond acceptors (Lipinski definition) is 3. The lowest BCUT2D eigenvalue weighted by Crippen LogP contribution is -2.45. The summed E-state index contributed by atoms with van der Waals surface area (Å²) < 4.78 is 13.2. The highest BCUT2D eigenvalue weighted by atomic mass is 35.5. The number of nitrogens with one attached hydrogen (secondary N) is 1. The molecule has 7 heteroatoms. The maximum atomic E-state index is 13.2. The first kappa shape index (κ1) is 16.3. The number of benzene rings is 1. The number of hydrogen-bond donors (Lipinski definition) is 2. The van der Waals surface area contributed by atoms with Gasteiger partial charge in [0.25, 0.3) is 0 Å². The Morgan fingerprint density at radius 1 is 1.35 bits per heavy atom. The van der Waals surface area contributed by atoms with Crippen LogP contribution in [0.3, 0.4) is 0 Å². The van der Waals surface area contributed by atoms with Crippen LogP contribution in [0.1, 0.15) is 12.8 Å². The van der Waals surface area contributed by atoms with Crippen LogP contribution in [-0.4, -0.2) is 54.9 Å². The Kier molecular flexibility index (Phi) is 4.92. The van der Waals surface area contributed by atoms with Crippen LogP contribution in [0.4, 0.5) is 14.9 Å². The van der Waals surface area contributed by atoms with E-state index in [4.69, 9.17) is 16.7 Å². The lowest BCUT2D eigenvalue weighted by Gasteiger charge is -2.22. The molecule has 23 heavy (non-hydrogen) atoms. The molecule has 0 radical (unpaired) electrons. The second kappa shape index (κ2) is 6.93. The molecular weight excluding hydrogens is 321 g/mol. The molecule has 0 aromatic heterocycles. The van der Waals surface area contributed by atoms with E-state index >= 15 is 0 Å². The second-order valence-electron chi connectivity index (χ2n) is 6.26. The number of carbonyl (C=O) groups is 1. The molecule has 1 aromatic carbocycles. The average Bonchev–Trinajstić information content (AvgIpc) is 3.19. The number of anilines is 1. The molecule has 2 aliphatic rings. The lowest BCUT2D eigenvalue weighted by atomic mass is 10.1. The number of carbonyl (C=O) groups excluding carboxylic acids is 1. The SMILES string of the molecule is O=C(N[C@@H]1CCN(c2ccc(F)c(Cl)c2)C1)N1CC[C@H](CO)C1. The Morgan fingerprint density at radius 2 is 2.17 bits per heavy atom. The van der Waals surface area contributed by atoms with Crippen LogP contribution >= 0.6 is 11.6 Å². The maximum absolute atomic E-state index is 13.2. The van der Waals surface area contributed by atoms with Crippen molar-refractivity contribution in [3.05, 3.63) is 29.0 Å². The molecule has 126 valence electrons. The van der Waals surface area contributed by atoms with Gasteiger partial charge in [-0.1, -0.05) is 11.6 Å². The van der Waals surface area contributed by atoms with Gasteiger partial charge in [0, 0.05) is 50.4 Å². The number of nitrogens with zero attached hydrogens (tertiary/aromatic N) is 2. The summed E-state index contributed by atoms with van der Waals surface area (Å²) in [6.07, 6.45) is 1.70. The molecule has 3 rings (SSSR count). The second-order valence-corrected chi connectivity index (χ2v) is 6.67. The van der Waals surface area contributed by atoms with Gasteiger partial charge in [-0.3, -0.25) is 0 Å². The van der Waals surface area contributed by atoms with Crippen LogP contribution in [-0.2, 0) is 0 Å². The highest BCUT2D eigenvalue weighted by Crippen LogP contribution is 2.26. The fraction of sp³-hybridized carbons (Fsp3) is 0.562. The normalized spacial score (nSPS) is 24.3. The van der Waals surface area contributed by atoms with Crippen molar-refractivity contribution in [3.8, 4) is 0 Å². The summed E-state index contributed by atoms with van der Waals surface area (Å²) >= 11 is 5.83. The standard InChI is InChI=1S/C16H21ClFN3O2/c17-14-7-13(1-2-15(14)18)20-6-4-12(9-20)19-16(23)21-5-3-11(8-21)10-22/h1-2,7,11-12,22H,3-6,8-10H2,(H,19,23)/t11-,12+/m0/s1. The molecule has 2 fully saturated rings. The quantitative estimate of drug-likeness (QED) is 0.885. The summed E-state index contributed by atoms with van der Waals surface area (Å²) in [4.78, 5) is 16.1. The molecule has 1 aromatic rings. The molecule has 0 aliphatic carbocycles. The van der Waals surface area contributed by atoms with Crippen molar-refractivity contribution in [2.24, 2.45) is 5.92 Å². The van der Waals surface area contributed by atoms with Gasteiger partial charge < -0.3 is 20.2 Å². The van der Waals surface area contributed by atoms with Gasteiger partial charge in [-0.05, 0) is 31.0 Å². The molecule has 2 aliphatic heterocycles. The molecule has 2 saturated heterocycles. The molecular formula is C16H21ClFN3O2. The summed E-state index contributed by atoms with van der Waals surface area (Å²) in [6, 6.07) is 4.69. The Morgan fingerprint density at radius 3 is 2.87 bits per heavy atom. The molecule has 0 spiro atoms. The Labute approximate surface area is 140 Å². The van der Waals surface area contributed by atoms with Gasteiger partial charge in [-0.25, -0.2) is 9.18 Å². The molecule has 2 atom stereocenters. The first-order valence-electron chi connectivity index (χ1n) is 7.93. The van der Waals surface area contributed by atoms with Gasteiger partial charge >= 0.3 is 6.03 Å². The summed E-state index contributed by atoms with van der Waals surface area (Å²) in [7, 11) is 0. The van der Waals surface area contributed by atoms with Crippen molar-refractivity contribution in [1.82, 2.24) is 10.2 Å². The summed E-state index contributed by atoms with van der Waals surface area (Å²) in [5.41, 5.74) is 0.870. The predicted octanol–water partition coefficient (Wildman–Crippen LogP) is 2.08. The number of aliphatic hydroxyl groups excluding tert-OH is 1. The number of urea groups is 1. The first-order valence-corrected chi connectivity index (χ1v) is 8.31. The van der Waals surface area contributed by atoms with Crippen LogP contribution in [0, 0.1) is 11.7 Å². The number of halogens is 2. The van der Waals surface area contributed by atoms with E-state index < -0.39 is 5.82 Å². The van der Waals surface area contributed by atoms with Crippen LogP contribution in [0.25, 0.3) is 0 Å². The Bertz CT molecular complexity index is 586. The number of rotatable bonds is 3. The van der Waals surface area contributed by atoms with Gasteiger partial charge in [0.1, 0.15) is 5.82 Å². The van der Waals surface area contributed by atoms with E-state index in [2.05, 4.69) is 10.2 Å². The zero-order valence-electron chi connectivity index (χ0n) is 12.8. The van der Waals surface area contributed by atoms with E-state index in [0.717, 1.165) is 25.1 Å². The molecule has 0 bridgehead atoms. The minimum absolute atomic E-state index is 0.0649. The average molecular weight is 342 g/mol. The fourth-order valence-electron chi connectivity index (χ4n) is 3.23. The third-order valence-electron chi connectivity index (χ3n) is 4.62. The van der Waals surface area contributed by atoms with Gasteiger partial charge in [0.15, 0.2) is 0 Å². The van der Waals surface area contributed by atoms with Crippen molar-refractivity contribution in [2.75, 3.05) is 37.7 Å². The predicted molar refractivity (Wildman–Crippen MR) is 87.3 cm³/mol. The third-order valence-corrected chi connectivity index (χ3v) is 4.91. The van der Waals surface area contributed by atoms with Crippen molar-refractivity contribution in [2.45, 2.75) is 18.9 Å². The van der Waals surface area contributed by atoms with Gasteiger partial charge in [-0.2, -0.15) is 0 Å².